The fraction of sp³-hybridized carbons (Fsp3) is 0.400. The van der Waals surface area contributed by atoms with Crippen LogP contribution >= 0.6 is 11.8 Å². The van der Waals surface area contributed by atoms with Gasteiger partial charge in [-0.2, -0.15) is 0 Å². The first-order chi connectivity index (χ1) is 8.86. The smallest absolute Gasteiger partial charge is 0.103 e. The van der Waals surface area contributed by atoms with Crippen LogP contribution in [-0.2, 0) is 6.61 Å². The lowest BCUT2D eigenvalue weighted by Crippen LogP contribution is -1.99. The van der Waals surface area contributed by atoms with Gasteiger partial charge in [0.15, 0.2) is 0 Å². The Morgan fingerprint density at radius 1 is 1.22 bits per heavy atom. The maximum absolute atomic E-state index is 9.50. The number of fused-ring (bicyclic) bond motifs is 1. The van der Waals surface area contributed by atoms with Crippen molar-refractivity contribution < 1.29 is 5.11 Å². The molecule has 2 aromatic rings. The maximum Gasteiger partial charge on any atom is 0.103 e. The predicted octanol–water partition coefficient (Wildman–Crippen LogP) is 3.76. The van der Waals surface area contributed by atoms with Gasteiger partial charge in [-0.1, -0.05) is 31.0 Å². The lowest BCUT2D eigenvalue weighted by atomic mass is 10.2. The Bertz CT molecular complexity index is 549. The average Bonchev–Trinajstić information content (AvgIpc) is 2.91. The van der Waals surface area contributed by atoms with Crippen molar-refractivity contribution in [2.75, 3.05) is 0 Å². The molecule has 0 aliphatic heterocycles. The fourth-order valence-electron chi connectivity index (χ4n) is 2.52. The topological polar surface area (TPSA) is 33.1 Å². The first-order valence-electron chi connectivity index (χ1n) is 6.53. The molecule has 1 aromatic carbocycles. The zero-order valence-corrected chi connectivity index (χ0v) is 11.1. The van der Waals surface area contributed by atoms with Crippen LogP contribution in [0.15, 0.2) is 35.4 Å². The zero-order valence-electron chi connectivity index (χ0n) is 10.3. The minimum Gasteiger partial charge on any atom is -0.392 e. The number of benzene rings is 1. The second-order valence-electron chi connectivity index (χ2n) is 4.83. The number of rotatable bonds is 3. The number of hydrogen-bond acceptors (Lipinski definition) is 3. The van der Waals surface area contributed by atoms with Crippen molar-refractivity contribution in [2.45, 2.75) is 42.6 Å². The molecular weight excluding hydrogens is 242 g/mol. The molecule has 1 N–H and O–H groups in total. The Morgan fingerprint density at radius 2 is 2.00 bits per heavy atom. The molecule has 0 unspecified atom stereocenters. The number of nitrogens with zero attached hydrogens (tertiary/aromatic N) is 1. The van der Waals surface area contributed by atoms with Crippen LogP contribution in [0.3, 0.4) is 0 Å². The molecule has 1 aliphatic carbocycles. The molecule has 0 bridgehead atoms. The SMILES string of the molecule is OCc1cc2ccccc2nc1SC1CCCC1. The van der Waals surface area contributed by atoms with E-state index in [9.17, 15) is 5.11 Å². The number of aromatic nitrogens is 1. The van der Waals surface area contributed by atoms with Gasteiger partial charge in [-0.15, -0.1) is 11.8 Å². The minimum atomic E-state index is 0.0763. The molecule has 3 rings (SSSR count). The van der Waals surface area contributed by atoms with Crippen LogP contribution in [0.4, 0.5) is 0 Å². The van der Waals surface area contributed by atoms with Crippen molar-refractivity contribution in [3.63, 3.8) is 0 Å². The maximum atomic E-state index is 9.50. The molecule has 18 heavy (non-hydrogen) atoms. The van der Waals surface area contributed by atoms with Crippen LogP contribution in [0.2, 0.25) is 0 Å². The second kappa shape index (κ2) is 5.29. The third-order valence-corrected chi connectivity index (χ3v) is 4.90. The molecule has 1 aliphatic rings. The van der Waals surface area contributed by atoms with E-state index in [-0.39, 0.29) is 6.61 Å². The third kappa shape index (κ3) is 2.38. The van der Waals surface area contributed by atoms with Crippen LogP contribution in [0.25, 0.3) is 10.9 Å². The van der Waals surface area contributed by atoms with E-state index in [1.54, 1.807) is 0 Å². The highest BCUT2D eigenvalue weighted by Gasteiger charge is 2.18. The van der Waals surface area contributed by atoms with Gasteiger partial charge >= 0.3 is 0 Å². The predicted molar refractivity (Wildman–Crippen MR) is 75.8 cm³/mol. The monoisotopic (exact) mass is 259 g/mol. The summed E-state index contributed by atoms with van der Waals surface area (Å²) in [4.78, 5) is 4.71. The molecule has 1 aromatic heterocycles. The fourth-order valence-corrected chi connectivity index (χ4v) is 3.83. The summed E-state index contributed by atoms with van der Waals surface area (Å²) in [5.74, 6) is 0. The number of aliphatic hydroxyl groups excluding tert-OH is 1. The molecule has 0 amide bonds. The van der Waals surface area contributed by atoms with Crippen molar-refractivity contribution in [2.24, 2.45) is 0 Å². The summed E-state index contributed by atoms with van der Waals surface area (Å²) in [6, 6.07) is 10.2. The van der Waals surface area contributed by atoms with Gasteiger partial charge < -0.3 is 5.11 Å². The van der Waals surface area contributed by atoms with Gasteiger partial charge in [0.2, 0.25) is 0 Å². The van der Waals surface area contributed by atoms with Gasteiger partial charge in [-0.3, -0.25) is 0 Å². The summed E-state index contributed by atoms with van der Waals surface area (Å²) in [5, 5.41) is 12.3. The molecule has 0 saturated heterocycles. The molecule has 1 saturated carbocycles. The normalized spacial score (nSPS) is 16.5. The van der Waals surface area contributed by atoms with Gasteiger partial charge in [0.25, 0.3) is 0 Å². The average molecular weight is 259 g/mol. The highest BCUT2D eigenvalue weighted by molar-refractivity contribution is 7.99. The van der Waals surface area contributed by atoms with Gasteiger partial charge in [0.05, 0.1) is 12.1 Å². The van der Waals surface area contributed by atoms with E-state index < -0.39 is 0 Å². The second-order valence-corrected chi connectivity index (χ2v) is 6.12. The lowest BCUT2D eigenvalue weighted by molar-refractivity contribution is 0.278. The first-order valence-corrected chi connectivity index (χ1v) is 7.41. The van der Waals surface area contributed by atoms with Gasteiger partial charge in [0.1, 0.15) is 5.03 Å². The Morgan fingerprint density at radius 3 is 2.78 bits per heavy atom. The van der Waals surface area contributed by atoms with E-state index in [1.165, 1.54) is 25.7 Å². The van der Waals surface area contributed by atoms with E-state index in [0.717, 1.165) is 21.5 Å². The number of para-hydroxylation sites is 1. The largest absolute Gasteiger partial charge is 0.392 e. The Hall–Kier alpha value is -1.06. The number of aliphatic hydroxyl groups is 1. The Labute approximate surface area is 111 Å². The van der Waals surface area contributed by atoms with Gasteiger partial charge in [-0.25, -0.2) is 4.98 Å². The molecule has 0 radical (unpaired) electrons. The van der Waals surface area contributed by atoms with Gasteiger partial charge in [-0.05, 0) is 25.0 Å². The third-order valence-electron chi connectivity index (χ3n) is 3.51. The summed E-state index contributed by atoms with van der Waals surface area (Å²) < 4.78 is 0. The Kier molecular flexibility index (Phi) is 3.52. The number of thioether (sulfide) groups is 1. The summed E-state index contributed by atoms with van der Waals surface area (Å²) >= 11 is 1.85. The quantitative estimate of drug-likeness (QED) is 0.911. The molecular formula is C15H17NOS. The minimum absolute atomic E-state index is 0.0763. The van der Waals surface area contributed by atoms with Crippen molar-refractivity contribution in [1.82, 2.24) is 4.98 Å². The molecule has 1 heterocycles. The molecule has 1 fully saturated rings. The van der Waals surface area contributed by atoms with Crippen LogP contribution in [-0.4, -0.2) is 15.3 Å². The van der Waals surface area contributed by atoms with E-state index in [1.807, 2.05) is 36.0 Å². The van der Waals surface area contributed by atoms with Crippen molar-refractivity contribution >= 4 is 22.7 Å². The van der Waals surface area contributed by atoms with E-state index in [4.69, 9.17) is 4.98 Å². The first kappa shape index (κ1) is 12.0. The highest BCUT2D eigenvalue weighted by Crippen LogP contribution is 2.36. The standard InChI is InChI=1S/C15H17NOS/c17-10-12-9-11-5-1-4-8-14(11)16-15(12)18-13-6-2-3-7-13/h1,4-5,8-9,13,17H,2-3,6-7,10H2. The summed E-state index contributed by atoms with van der Waals surface area (Å²) in [7, 11) is 0. The zero-order chi connectivity index (χ0) is 12.4. The molecule has 0 atom stereocenters. The summed E-state index contributed by atoms with van der Waals surface area (Å²) in [5.41, 5.74) is 1.99. The van der Waals surface area contributed by atoms with E-state index >= 15 is 0 Å². The molecule has 2 nitrogen and oxygen atoms in total. The highest BCUT2D eigenvalue weighted by atomic mass is 32.2. The Balaban J connectivity index is 1.97. The molecule has 94 valence electrons. The number of pyridine rings is 1. The van der Waals surface area contributed by atoms with E-state index in [2.05, 4.69) is 6.07 Å². The summed E-state index contributed by atoms with van der Waals surface area (Å²) in [6.07, 6.45) is 5.23. The number of hydrogen-bond donors (Lipinski definition) is 1. The van der Waals surface area contributed by atoms with Crippen LogP contribution < -0.4 is 0 Å². The summed E-state index contributed by atoms with van der Waals surface area (Å²) in [6.45, 7) is 0.0763. The molecule has 3 heteroatoms. The molecule has 0 spiro atoms. The van der Waals surface area contributed by atoms with Crippen LogP contribution in [0, 0.1) is 0 Å². The van der Waals surface area contributed by atoms with Crippen molar-refractivity contribution in [3.8, 4) is 0 Å². The van der Waals surface area contributed by atoms with Crippen LogP contribution in [0.5, 0.6) is 0 Å². The van der Waals surface area contributed by atoms with Gasteiger partial charge in [0, 0.05) is 16.2 Å². The van der Waals surface area contributed by atoms with Crippen molar-refractivity contribution in [3.05, 3.63) is 35.9 Å². The van der Waals surface area contributed by atoms with E-state index in [0.29, 0.717) is 5.25 Å². The van der Waals surface area contributed by atoms with Crippen LogP contribution in [0.1, 0.15) is 31.2 Å². The lowest BCUT2D eigenvalue weighted by Gasteiger charge is -2.12. The van der Waals surface area contributed by atoms with Crippen molar-refractivity contribution in [1.29, 1.82) is 0 Å².